The summed E-state index contributed by atoms with van der Waals surface area (Å²) in [4.78, 5) is 4.01. The highest BCUT2D eigenvalue weighted by atomic mass is 16.3. The number of hydrogen-bond acceptors (Lipinski definition) is 2. The first-order valence-corrected chi connectivity index (χ1v) is 6.20. The van der Waals surface area contributed by atoms with Crippen molar-refractivity contribution in [3.8, 4) is 0 Å². The van der Waals surface area contributed by atoms with Gasteiger partial charge in [0.1, 0.15) is 0 Å². The van der Waals surface area contributed by atoms with Gasteiger partial charge in [0.25, 0.3) is 0 Å². The molecule has 1 heterocycles. The molecule has 2 nitrogen and oxygen atoms in total. The lowest BCUT2D eigenvalue weighted by Gasteiger charge is -2.39. The van der Waals surface area contributed by atoms with Gasteiger partial charge >= 0.3 is 0 Å². The second-order valence-corrected chi connectivity index (χ2v) is 5.45. The molecule has 3 atom stereocenters. The van der Waals surface area contributed by atoms with E-state index in [4.69, 9.17) is 0 Å². The topological polar surface area (TPSA) is 33.1 Å². The molecular weight excluding hydrogens is 198 g/mol. The van der Waals surface area contributed by atoms with E-state index in [0.29, 0.717) is 5.92 Å². The number of nitrogens with zero attached hydrogens (tertiary/aromatic N) is 1. The number of pyridine rings is 1. The van der Waals surface area contributed by atoms with Crippen LogP contribution in [0.1, 0.15) is 38.7 Å². The van der Waals surface area contributed by atoms with Crippen molar-refractivity contribution in [3.05, 3.63) is 30.1 Å². The fourth-order valence-electron chi connectivity index (χ4n) is 2.72. The van der Waals surface area contributed by atoms with Crippen molar-refractivity contribution >= 4 is 0 Å². The summed E-state index contributed by atoms with van der Waals surface area (Å²) in [7, 11) is 0. The summed E-state index contributed by atoms with van der Waals surface area (Å²) < 4.78 is 0. The summed E-state index contributed by atoms with van der Waals surface area (Å²) in [6, 6.07) is 4.00. The average molecular weight is 219 g/mol. The smallest absolute Gasteiger partial charge is 0.0690 e. The zero-order valence-corrected chi connectivity index (χ0v) is 10.2. The summed E-state index contributed by atoms with van der Waals surface area (Å²) in [5.41, 5.74) is 0.701. The van der Waals surface area contributed by atoms with E-state index in [1.165, 1.54) is 5.56 Å². The molecule has 3 unspecified atom stereocenters. The molecule has 0 saturated heterocycles. The van der Waals surface area contributed by atoms with E-state index < -0.39 is 5.60 Å². The fourth-order valence-corrected chi connectivity index (χ4v) is 2.72. The monoisotopic (exact) mass is 219 g/mol. The van der Waals surface area contributed by atoms with Crippen LogP contribution in [0.25, 0.3) is 0 Å². The Morgan fingerprint density at radius 1 is 1.31 bits per heavy atom. The molecular formula is C14H21NO. The molecule has 1 fully saturated rings. The average Bonchev–Trinajstić information content (AvgIpc) is 2.25. The Balaban J connectivity index is 2.04. The van der Waals surface area contributed by atoms with Gasteiger partial charge in [-0.25, -0.2) is 0 Å². The molecule has 1 N–H and O–H groups in total. The number of aromatic nitrogens is 1. The first-order chi connectivity index (χ1) is 7.59. The van der Waals surface area contributed by atoms with Crippen molar-refractivity contribution in [3.63, 3.8) is 0 Å². The zero-order chi connectivity index (χ0) is 11.6. The Morgan fingerprint density at radius 2 is 2.00 bits per heavy atom. The van der Waals surface area contributed by atoms with Gasteiger partial charge in [0, 0.05) is 18.8 Å². The van der Waals surface area contributed by atoms with Crippen LogP contribution in [0.5, 0.6) is 0 Å². The van der Waals surface area contributed by atoms with E-state index in [1.807, 2.05) is 12.1 Å². The SMILES string of the molecule is CC1CCC(O)(Cc2ccncc2)CC1C. The highest BCUT2D eigenvalue weighted by Gasteiger charge is 2.35. The minimum Gasteiger partial charge on any atom is -0.390 e. The maximum absolute atomic E-state index is 10.6. The van der Waals surface area contributed by atoms with Crippen molar-refractivity contribution in [2.45, 2.75) is 45.1 Å². The first-order valence-electron chi connectivity index (χ1n) is 6.20. The standard InChI is InChI=1S/C14H21NO/c1-11-3-6-14(16,9-12(11)2)10-13-4-7-15-8-5-13/h4-5,7-8,11-12,16H,3,6,9-10H2,1-2H3. The van der Waals surface area contributed by atoms with Gasteiger partial charge in [-0.3, -0.25) is 4.98 Å². The summed E-state index contributed by atoms with van der Waals surface area (Å²) in [6.07, 6.45) is 7.37. The predicted octanol–water partition coefficient (Wildman–Crippen LogP) is 2.81. The summed E-state index contributed by atoms with van der Waals surface area (Å²) in [5, 5.41) is 10.6. The quantitative estimate of drug-likeness (QED) is 0.829. The molecule has 0 aromatic carbocycles. The third kappa shape index (κ3) is 2.62. The van der Waals surface area contributed by atoms with E-state index in [2.05, 4.69) is 18.8 Å². The van der Waals surface area contributed by atoms with Crippen LogP contribution in [-0.2, 0) is 6.42 Å². The minimum atomic E-state index is -0.493. The van der Waals surface area contributed by atoms with Crippen molar-refractivity contribution in [2.24, 2.45) is 11.8 Å². The van der Waals surface area contributed by atoms with E-state index in [0.717, 1.165) is 31.6 Å². The molecule has 1 aromatic heterocycles. The normalized spacial score (nSPS) is 34.9. The predicted molar refractivity (Wildman–Crippen MR) is 65.1 cm³/mol. The zero-order valence-electron chi connectivity index (χ0n) is 10.2. The summed E-state index contributed by atoms with van der Waals surface area (Å²) >= 11 is 0. The van der Waals surface area contributed by atoms with Gasteiger partial charge in [0.15, 0.2) is 0 Å². The van der Waals surface area contributed by atoms with Crippen LogP contribution in [0.4, 0.5) is 0 Å². The van der Waals surface area contributed by atoms with E-state index in [1.54, 1.807) is 12.4 Å². The maximum atomic E-state index is 10.6. The first kappa shape index (κ1) is 11.6. The Kier molecular flexibility index (Phi) is 3.29. The molecule has 1 aromatic rings. The lowest BCUT2D eigenvalue weighted by atomic mass is 9.71. The minimum absolute atomic E-state index is 0.493. The molecule has 0 bridgehead atoms. The van der Waals surface area contributed by atoms with E-state index in [-0.39, 0.29) is 0 Å². The van der Waals surface area contributed by atoms with E-state index in [9.17, 15) is 5.11 Å². The molecule has 1 saturated carbocycles. The summed E-state index contributed by atoms with van der Waals surface area (Å²) in [6.45, 7) is 4.54. The Bertz CT molecular complexity index is 338. The van der Waals surface area contributed by atoms with Crippen LogP contribution in [-0.4, -0.2) is 15.7 Å². The third-order valence-electron chi connectivity index (χ3n) is 4.02. The molecule has 16 heavy (non-hydrogen) atoms. The lowest BCUT2D eigenvalue weighted by molar-refractivity contribution is -0.0279. The maximum Gasteiger partial charge on any atom is 0.0690 e. The fraction of sp³-hybridized carbons (Fsp3) is 0.643. The van der Waals surface area contributed by atoms with Crippen LogP contribution in [0.2, 0.25) is 0 Å². The van der Waals surface area contributed by atoms with Crippen molar-refractivity contribution in [2.75, 3.05) is 0 Å². The Morgan fingerprint density at radius 3 is 2.62 bits per heavy atom. The molecule has 1 aliphatic carbocycles. The number of aliphatic hydroxyl groups is 1. The van der Waals surface area contributed by atoms with Gasteiger partial charge < -0.3 is 5.11 Å². The molecule has 2 rings (SSSR count). The second kappa shape index (κ2) is 4.54. The molecule has 2 heteroatoms. The molecule has 88 valence electrons. The Labute approximate surface area is 97.7 Å². The highest BCUT2D eigenvalue weighted by Crippen LogP contribution is 2.37. The van der Waals surface area contributed by atoms with Crippen LogP contribution >= 0.6 is 0 Å². The van der Waals surface area contributed by atoms with Gasteiger partial charge in [-0.1, -0.05) is 13.8 Å². The van der Waals surface area contributed by atoms with Gasteiger partial charge in [-0.05, 0) is 48.8 Å². The molecule has 0 aliphatic heterocycles. The van der Waals surface area contributed by atoms with Gasteiger partial charge in [0.05, 0.1) is 5.60 Å². The van der Waals surface area contributed by atoms with Crippen molar-refractivity contribution in [1.82, 2.24) is 4.98 Å². The van der Waals surface area contributed by atoms with Crippen LogP contribution in [0.15, 0.2) is 24.5 Å². The highest BCUT2D eigenvalue weighted by molar-refractivity contribution is 5.13. The van der Waals surface area contributed by atoms with Crippen LogP contribution < -0.4 is 0 Å². The molecule has 0 spiro atoms. The summed E-state index contributed by atoms with van der Waals surface area (Å²) in [5.74, 6) is 1.37. The van der Waals surface area contributed by atoms with Crippen LogP contribution in [0.3, 0.4) is 0 Å². The molecule has 0 amide bonds. The largest absolute Gasteiger partial charge is 0.390 e. The lowest BCUT2D eigenvalue weighted by Crippen LogP contribution is -2.39. The molecule has 1 aliphatic rings. The number of rotatable bonds is 2. The number of hydrogen-bond donors (Lipinski definition) is 1. The van der Waals surface area contributed by atoms with Gasteiger partial charge in [-0.15, -0.1) is 0 Å². The molecule has 0 radical (unpaired) electrons. The van der Waals surface area contributed by atoms with Crippen LogP contribution in [0, 0.1) is 11.8 Å². The van der Waals surface area contributed by atoms with Crippen molar-refractivity contribution in [1.29, 1.82) is 0 Å². The van der Waals surface area contributed by atoms with Crippen molar-refractivity contribution < 1.29 is 5.11 Å². The second-order valence-electron chi connectivity index (χ2n) is 5.45. The van der Waals surface area contributed by atoms with Gasteiger partial charge in [0.2, 0.25) is 0 Å². The van der Waals surface area contributed by atoms with Gasteiger partial charge in [-0.2, -0.15) is 0 Å². The Hall–Kier alpha value is -0.890. The van der Waals surface area contributed by atoms with E-state index >= 15 is 0 Å². The third-order valence-corrected chi connectivity index (χ3v) is 4.02.